The van der Waals surface area contributed by atoms with Crippen molar-refractivity contribution in [1.82, 2.24) is 5.32 Å². The highest BCUT2D eigenvalue weighted by Crippen LogP contribution is 2.36. The lowest BCUT2D eigenvalue weighted by molar-refractivity contribution is -0.136. The molecule has 0 radical (unpaired) electrons. The molecule has 0 spiro atoms. The Labute approximate surface area is 92.6 Å². The minimum absolute atomic E-state index is 0.0556. The molecule has 0 aromatic carbocycles. The van der Waals surface area contributed by atoms with E-state index in [1.807, 2.05) is 0 Å². The predicted octanol–water partition coefficient (Wildman–Crippen LogP) is 0.355. The standard InChI is InChI=1S/C9H14N2O3S/c1-10-7(12)6-4-3-5-8(14-6)15-9(11-5)13-2/h5-6,8H,3-4H2,1-2H3,(H,10,12). The first-order chi connectivity index (χ1) is 7.24. The molecule has 0 aromatic rings. The van der Waals surface area contributed by atoms with E-state index in [9.17, 15) is 4.79 Å². The Hall–Kier alpha value is -0.750. The summed E-state index contributed by atoms with van der Waals surface area (Å²) in [6.45, 7) is 0. The average molecular weight is 230 g/mol. The third-order valence-corrected chi connectivity index (χ3v) is 3.67. The van der Waals surface area contributed by atoms with Crippen molar-refractivity contribution >= 4 is 22.9 Å². The van der Waals surface area contributed by atoms with Crippen LogP contribution in [-0.4, -0.2) is 42.9 Å². The van der Waals surface area contributed by atoms with E-state index in [4.69, 9.17) is 9.47 Å². The van der Waals surface area contributed by atoms with Crippen LogP contribution in [0, 0.1) is 0 Å². The number of methoxy groups -OCH3 is 1. The minimum atomic E-state index is -0.338. The minimum Gasteiger partial charge on any atom is -0.476 e. The number of aliphatic imine (C=N–C) groups is 1. The summed E-state index contributed by atoms with van der Waals surface area (Å²) in [4.78, 5) is 15.7. The summed E-state index contributed by atoms with van der Waals surface area (Å²) < 4.78 is 10.7. The molecular formula is C9H14N2O3S. The molecule has 0 saturated carbocycles. The second kappa shape index (κ2) is 4.40. The molecule has 3 unspecified atom stereocenters. The molecule has 0 bridgehead atoms. The lowest BCUT2D eigenvalue weighted by atomic mass is 10.1. The lowest BCUT2D eigenvalue weighted by Gasteiger charge is -2.28. The van der Waals surface area contributed by atoms with Gasteiger partial charge in [0.05, 0.1) is 13.2 Å². The van der Waals surface area contributed by atoms with E-state index < -0.39 is 0 Å². The van der Waals surface area contributed by atoms with Gasteiger partial charge in [0.15, 0.2) is 0 Å². The van der Waals surface area contributed by atoms with Gasteiger partial charge in [-0.25, -0.2) is 4.99 Å². The first-order valence-corrected chi connectivity index (χ1v) is 5.78. The Morgan fingerprint density at radius 2 is 2.47 bits per heavy atom. The molecule has 0 aliphatic carbocycles. The Balaban J connectivity index is 1.96. The number of hydrogen-bond acceptors (Lipinski definition) is 5. The van der Waals surface area contributed by atoms with Gasteiger partial charge < -0.3 is 14.8 Å². The van der Waals surface area contributed by atoms with E-state index in [1.54, 1.807) is 14.2 Å². The number of fused-ring (bicyclic) bond motifs is 1. The van der Waals surface area contributed by atoms with Crippen molar-refractivity contribution in [2.75, 3.05) is 14.2 Å². The monoisotopic (exact) mass is 230 g/mol. The van der Waals surface area contributed by atoms with Gasteiger partial charge in [0, 0.05) is 7.05 Å². The largest absolute Gasteiger partial charge is 0.476 e. The molecular weight excluding hydrogens is 216 g/mol. The van der Waals surface area contributed by atoms with E-state index in [0.29, 0.717) is 5.23 Å². The molecule has 1 N–H and O–H groups in total. The van der Waals surface area contributed by atoms with Gasteiger partial charge in [0.2, 0.25) is 11.1 Å². The second-order valence-corrected chi connectivity index (χ2v) is 4.52. The van der Waals surface area contributed by atoms with Crippen molar-refractivity contribution in [3.63, 3.8) is 0 Å². The third-order valence-electron chi connectivity index (χ3n) is 2.54. The topological polar surface area (TPSA) is 59.9 Å². The van der Waals surface area contributed by atoms with Crippen LogP contribution in [0.15, 0.2) is 4.99 Å². The molecule has 2 heterocycles. The SMILES string of the molecule is CNC(=O)C1CCC2N=C(OC)SC2O1. The fourth-order valence-corrected chi connectivity index (χ4v) is 2.77. The zero-order chi connectivity index (χ0) is 10.8. The summed E-state index contributed by atoms with van der Waals surface area (Å²) in [5.74, 6) is -0.0556. The van der Waals surface area contributed by atoms with Crippen LogP contribution in [-0.2, 0) is 14.3 Å². The number of nitrogens with zero attached hydrogens (tertiary/aromatic N) is 1. The van der Waals surface area contributed by atoms with Crippen LogP contribution in [0.4, 0.5) is 0 Å². The first kappa shape index (κ1) is 10.8. The fraction of sp³-hybridized carbons (Fsp3) is 0.778. The lowest BCUT2D eigenvalue weighted by Crippen LogP contribution is -2.42. The smallest absolute Gasteiger partial charge is 0.248 e. The van der Waals surface area contributed by atoms with Crippen molar-refractivity contribution in [3.8, 4) is 0 Å². The summed E-state index contributed by atoms with van der Waals surface area (Å²) >= 11 is 1.45. The number of hydrogen-bond donors (Lipinski definition) is 1. The zero-order valence-corrected chi connectivity index (χ0v) is 9.54. The molecule has 6 heteroatoms. The number of thioether (sulfide) groups is 1. The molecule has 2 aliphatic heterocycles. The van der Waals surface area contributed by atoms with E-state index in [2.05, 4.69) is 10.3 Å². The summed E-state index contributed by atoms with van der Waals surface area (Å²) in [6.07, 6.45) is 1.26. The normalized spacial score (nSPS) is 34.3. The van der Waals surface area contributed by atoms with Crippen molar-refractivity contribution < 1.29 is 14.3 Å². The fourth-order valence-electron chi connectivity index (χ4n) is 1.73. The molecule has 1 amide bonds. The summed E-state index contributed by atoms with van der Waals surface area (Å²) in [6, 6.07) is 0.144. The van der Waals surface area contributed by atoms with Crippen molar-refractivity contribution in [3.05, 3.63) is 0 Å². The number of likely N-dealkylation sites (N-methyl/N-ethyl adjacent to an activating group) is 1. The number of ether oxygens (including phenoxy) is 2. The Bertz CT molecular complexity index is 295. The van der Waals surface area contributed by atoms with Crippen molar-refractivity contribution in [2.24, 2.45) is 4.99 Å². The Morgan fingerprint density at radius 1 is 1.67 bits per heavy atom. The van der Waals surface area contributed by atoms with Crippen LogP contribution in [0.1, 0.15) is 12.8 Å². The van der Waals surface area contributed by atoms with Crippen molar-refractivity contribution in [2.45, 2.75) is 30.4 Å². The number of carbonyl (C=O) groups is 1. The van der Waals surface area contributed by atoms with Crippen LogP contribution in [0.3, 0.4) is 0 Å². The van der Waals surface area contributed by atoms with Gasteiger partial charge in [-0.2, -0.15) is 0 Å². The Kier molecular flexibility index (Phi) is 3.16. The van der Waals surface area contributed by atoms with E-state index in [1.165, 1.54) is 11.8 Å². The molecule has 3 atom stereocenters. The van der Waals surface area contributed by atoms with Crippen LogP contribution in [0.25, 0.3) is 0 Å². The van der Waals surface area contributed by atoms with Crippen LogP contribution in [0.2, 0.25) is 0 Å². The molecule has 84 valence electrons. The van der Waals surface area contributed by atoms with Gasteiger partial charge in [-0.15, -0.1) is 0 Å². The molecule has 0 aromatic heterocycles. The maximum atomic E-state index is 11.4. The van der Waals surface area contributed by atoms with Gasteiger partial charge in [-0.1, -0.05) is 0 Å². The number of nitrogens with one attached hydrogen (secondary N) is 1. The maximum Gasteiger partial charge on any atom is 0.248 e. The average Bonchev–Trinajstić information content (AvgIpc) is 2.69. The predicted molar refractivity (Wildman–Crippen MR) is 57.8 cm³/mol. The molecule has 1 saturated heterocycles. The van der Waals surface area contributed by atoms with Crippen molar-refractivity contribution in [1.29, 1.82) is 0 Å². The maximum absolute atomic E-state index is 11.4. The van der Waals surface area contributed by atoms with Gasteiger partial charge >= 0.3 is 0 Å². The quantitative estimate of drug-likeness (QED) is 0.706. The number of rotatable bonds is 1. The number of amides is 1. The molecule has 2 rings (SSSR count). The van der Waals surface area contributed by atoms with E-state index in [-0.39, 0.29) is 23.5 Å². The highest BCUT2D eigenvalue weighted by molar-refractivity contribution is 8.14. The molecule has 1 fully saturated rings. The van der Waals surface area contributed by atoms with E-state index >= 15 is 0 Å². The number of carbonyl (C=O) groups excluding carboxylic acids is 1. The highest BCUT2D eigenvalue weighted by atomic mass is 32.2. The molecule has 5 nitrogen and oxygen atoms in total. The summed E-state index contributed by atoms with van der Waals surface area (Å²) in [5.41, 5.74) is -0.0593. The summed E-state index contributed by atoms with van der Waals surface area (Å²) in [5, 5.41) is 3.25. The molecule has 15 heavy (non-hydrogen) atoms. The van der Waals surface area contributed by atoms with E-state index in [0.717, 1.165) is 12.8 Å². The van der Waals surface area contributed by atoms with Crippen LogP contribution < -0.4 is 5.32 Å². The highest BCUT2D eigenvalue weighted by Gasteiger charge is 2.39. The zero-order valence-electron chi connectivity index (χ0n) is 8.73. The molecule has 2 aliphatic rings. The second-order valence-electron chi connectivity index (χ2n) is 3.47. The van der Waals surface area contributed by atoms with Gasteiger partial charge in [-0.05, 0) is 24.6 Å². The summed E-state index contributed by atoms with van der Waals surface area (Å²) in [7, 11) is 3.22. The van der Waals surface area contributed by atoms with Gasteiger partial charge in [0.1, 0.15) is 11.5 Å². The third kappa shape index (κ3) is 2.10. The van der Waals surface area contributed by atoms with Gasteiger partial charge in [0.25, 0.3) is 0 Å². The first-order valence-electron chi connectivity index (χ1n) is 4.90. The van der Waals surface area contributed by atoms with Gasteiger partial charge in [-0.3, -0.25) is 4.79 Å². The Morgan fingerprint density at radius 3 is 3.13 bits per heavy atom. The van der Waals surface area contributed by atoms with Crippen LogP contribution >= 0.6 is 11.8 Å². The van der Waals surface area contributed by atoms with Crippen LogP contribution in [0.5, 0.6) is 0 Å².